The first kappa shape index (κ1) is 17.8. The van der Waals surface area contributed by atoms with Crippen LogP contribution in [0.15, 0.2) is 36.7 Å². The van der Waals surface area contributed by atoms with Gasteiger partial charge in [-0.3, -0.25) is 14.9 Å². The third-order valence-electron chi connectivity index (χ3n) is 6.05. The summed E-state index contributed by atoms with van der Waals surface area (Å²) in [5.41, 5.74) is 4.35. The number of hydrogen-bond acceptors (Lipinski definition) is 4. The number of aromatic nitrogens is 5. The van der Waals surface area contributed by atoms with Crippen LogP contribution in [0, 0.1) is 5.92 Å². The maximum atomic E-state index is 12.7. The number of hydrogen-bond donors (Lipinski definition) is 3. The summed E-state index contributed by atoms with van der Waals surface area (Å²) in [5.74, 6) is 0.599. The summed E-state index contributed by atoms with van der Waals surface area (Å²) < 4.78 is 0. The van der Waals surface area contributed by atoms with Crippen LogP contribution in [0.1, 0.15) is 49.6 Å². The fourth-order valence-corrected chi connectivity index (χ4v) is 4.39. The van der Waals surface area contributed by atoms with Gasteiger partial charge >= 0.3 is 0 Å². The highest BCUT2D eigenvalue weighted by atomic mass is 16.2. The Morgan fingerprint density at radius 2 is 1.79 bits per heavy atom. The smallest absolute Gasteiger partial charge is 0.289 e. The van der Waals surface area contributed by atoms with Gasteiger partial charge in [0.05, 0.1) is 22.2 Å². The average Bonchev–Trinajstić information content (AvgIpc) is 3.36. The van der Waals surface area contributed by atoms with Gasteiger partial charge in [0.1, 0.15) is 0 Å². The molecule has 1 aliphatic rings. The number of nitrogens with zero attached hydrogens (tertiary/aromatic N) is 3. The molecule has 3 heterocycles. The van der Waals surface area contributed by atoms with Gasteiger partial charge in [0, 0.05) is 29.4 Å². The van der Waals surface area contributed by atoms with Crippen LogP contribution in [0.5, 0.6) is 0 Å². The van der Waals surface area contributed by atoms with E-state index in [0.717, 1.165) is 27.7 Å². The predicted octanol–water partition coefficient (Wildman–Crippen LogP) is 4.20. The van der Waals surface area contributed by atoms with Gasteiger partial charge in [-0.05, 0) is 49.9 Å². The summed E-state index contributed by atoms with van der Waals surface area (Å²) in [6.45, 7) is 2.09. The predicted molar refractivity (Wildman–Crippen MR) is 112 cm³/mol. The number of carbonyl (C=O) groups excluding carboxylic acids is 1. The molecule has 1 aliphatic carbocycles. The van der Waals surface area contributed by atoms with Crippen LogP contribution in [0.3, 0.4) is 0 Å². The van der Waals surface area contributed by atoms with Crippen molar-refractivity contribution in [3.05, 3.63) is 42.5 Å². The molecule has 148 valence electrons. The molecular formula is C22H24N6O. The van der Waals surface area contributed by atoms with Crippen LogP contribution in [-0.4, -0.2) is 37.1 Å². The van der Waals surface area contributed by atoms with E-state index in [2.05, 4.69) is 37.4 Å². The maximum absolute atomic E-state index is 12.7. The van der Waals surface area contributed by atoms with Gasteiger partial charge in [-0.2, -0.15) is 0 Å². The zero-order valence-electron chi connectivity index (χ0n) is 16.4. The quantitative estimate of drug-likeness (QED) is 0.488. The minimum atomic E-state index is -0.191. The molecule has 29 heavy (non-hydrogen) atoms. The van der Waals surface area contributed by atoms with Crippen molar-refractivity contribution >= 4 is 27.8 Å². The van der Waals surface area contributed by atoms with E-state index in [9.17, 15) is 4.79 Å². The molecule has 4 aromatic rings. The van der Waals surface area contributed by atoms with E-state index in [1.165, 1.54) is 32.1 Å². The molecule has 7 nitrogen and oxygen atoms in total. The number of H-pyrrole nitrogens is 2. The first-order chi connectivity index (χ1) is 14.2. The first-order valence-electron chi connectivity index (χ1n) is 10.3. The molecule has 0 aliphatic heterocycles. The number of fused-ring (bicyclic) bond motifs is 2. The fraction of sp³-hybridized carbons (Fsp3) is 0.364. The molecule has 1 atom stereocenters. The number of benzene rings is 1. The Balaban J connectivity index is 1.43. The van der Waals surface area contributed by atoms with Gasteiger partial charge in [-0.15, -0.1) is 0 Å². The number of rotatable bonds is 4. The Labute approximate surface area is 168 Å². The maximum Gasteiger partial charge on any atom is 0.289 e. The zero-order valence-corrected chi connectivity index (χ0v) is 16.4. The third kappa shape index (κ3) is 3.37. The summed E-state index contributed by atoms with van der Waals surface area (Å²) in [7, 11) is 0. The van der Waals surface area contributed by atoms with E-state index < -0.39 is 0 Å². The van der Waals surface area contributed by atoms with Crippen LogP contribution in [0.25, 0.3) is 33.2 Å². The molecule has 0 saturated heterocycles. The van der Waals surface area contributed by atoms with Crippen molar-refractivity contribution in [2.45, 2.75) is 45.1 Å². The van der Waals surface area contributed by atoms with Crippen molar-refractivity contribution in [1.82, 2.24) is 30.5 Å². The van der Waals surface area contributed by atoms with E-state index in [-0.39, 0.29) is 17.8 Å². The summed E-state index contributed by atoms with van der Waals surface area (Å²) in [5, 5.41) is 10.5. The van der Waals surface area contributed by atoms with Crippen LogP contribution in [0.2, 0.25) is 0 Å². The van der Waals surface area contributed by atoms with Crippen LogP contribution >= 0.6 is 0 Å². The van der Waals surface area contributed by atoms with Crippen molar-refractivity contribution in [1.29, 1.82) is 0 Å². The van der Waals surface area contributed by atoms with Crippen molar-refractivity contribution in [2.24, 2.45) is 5.92 Å². The standard InChI is InChI=1S/C22H24N6O/c1-13(14-5-3-2-4-6-14)24-22(29)21-25-18-11-16-17(12-19(18)26-21)27-28-20(16)15-7-9-23-10-8-15/h7-14,27-28H,2-6H2,1H3,(H,24,29)/t13-/m1/s1. The second-order valence-electron chi connectivity index (χ2n) is 7.95. The number of amides is 1. The van der Waals surface area contributed by atoms with Crippen LogP contribution in [-0.2, 0) is 0 Å². The Kier molecular flexibility index (Phi) is 4.50. The largest absolute Gasteiger partial charge is 0.347 e. The lowest BCUT2D eigenvalue weighted by atomic mass is 9.84. The van der Waals surface area contributed by atoms with E-state index >= 15 is 0 Å². The molecule has 0 spiro atoms. The molecule has 3 aromatic heterocycles. The molecule has 3 N–H and O–H groups in total. The first-order valence-corrected chi connectivity index (χ1v) is 10.3. The van der Waals surface area contributed by atoms with Crippen molar-refractivity contribution in [3.63, 3.8) is 0 Å². The molecule has 1 fully saturated rings. The highest BCUT2D eigenvalue weighted by Crippen LogP contribution is 2.29. The summed E-state index contributed by atoms with van der Waals surface area (Å²) in [6, 6.07) is 7.95. The molecule has 1 aromatic carbocycles. The molecule has 1 saturated carbocycles. The zero-order chi connectivity index (χ0) is 19.8. The number of pyridine rings is 1. The van der Waals surface area contributed by atoms with Crippen molar-refractivity contribution < 1.29 is 4.79 Å². The molecule has 5 rings (SSSR count). The lowest BCUT2D eigenvalue weighted by Gasteiger charge is -2.27. The van der Waals surface area contributed by atoms with Crippen LogP contribution < -0.4 is 5.32 Å². The minimum Gasteiger partial charge on any atom is -0.347 e. The molecule has 1 amide bonds. The Morgan fingerprint density at radius 1 is 1.07 bits per heavy atom. The van der Waals surface area contributed by atoms with Crippen LogP contribution in [0.4, 0.5) is 0 Å². The van der Waals surface area contributed by atoms with Crippen molar-refractivity contribution in [2.75, 3.05) is 0 Å². The summed E-state index contributed by atoms with van der Waals surface area (Å²) in [4.78, 5) is 25.8. The third-order valence-corrected chi connectivity index (χ3v) is 6.05. The second kappa shape index (κ2) is 7.31. The van der Waals surface area contributed by atoms with Gasteiger partial charge in [-0.25, -0.2) is 9.97 Å². The van der Waals surface area contributed by atoms with E-state index in [0.29, 0.717) is 11.4 Å². The molecule has 0 radical (unpaired) electrons. The summed E-state index contributed by atoms with van der Waals surface area (Å²) in [6.07, 6.45) is 9.71. The second-order valence-corrected chi connectivity index (χ2v) is 7.95. The Bertz CT molecular complexity index is 1160. The fourth-order valence-electron chi connectivity index (χ4n) is 4.39. The Morgan fingerprint density at radius 3 is 2.55 bits per heavy atom. The molecule has 0 bridgehead atoms. The lowest BCUT2D eigenvalue weighted by molar-refractivity contribution is 0.0910. The topological polar surface area (TPSA) is 99.3 Å². The monoisotopic (exact) mass is 388 g/mol. The van der Waals surface area contributed by atoms with Gasteiger partial charge < -0.3 is 10.4 Å². The highest BCUT2D eigenvalue weighted by molar-refractivity contribution is 6.02. The lowest BCUT2D eigenvalue weighted by Crippen LogP contribution is -2.39. The number of carbonyl (C=O) groups is 1. The average molecular weight is 388 g/mol. The van der Waals surface area contributed by atoms with Gasteiger partial charge in [-0.1, -0.05) is 19.3 Å². The van der Waals surface area contributed by atoms with Crippen molar-refractivity contribution in [3.8, 4) is 11.3 Å². The normalized spacial score (nSPS) is 16.3. The van der Waals surface area contributed by atoms with Gasteiger partial charge in [0.15, 0.2) is 0 Å². The van der Waals surface area contributed by atoms with E-state index in [1.54, 1.807) is 12.4 Å². The number of aromatic amines is 2. The number of imidazole rings is 1. The highest BCUT2D eigenvalue weighted by Gasteiger charge is 2.23. The van der Waals surface area contributed by atoms with Gasteiger partial charge in [0.2, 0.25) is 5.82 Å². The summed E-state index contributed by atoms with van der Waals surface area (Å²) >= 11 is 0. The molecular weight excluding hydrogens is 364 g/mol. The van der Waals surface area contributed by atoms with Gasteiger partial charge in [0.25, 0.3) is 5.91 Å². The molecule has 7 heteroatoms. The Hall–Kier alpha value is -3.22. The molecule has 0 unspecified atom stereocenters. The minimum absolute atomic E-state index is 0.145. The van der Waals surface area contributed by atoms with E-state index in [4.69, 9.17) is 0 Å². The number of nitrogens with one attached hydrogen (secondary N) is 3. The van der Waals surface area contributed by atoms with E-state index in [1.807, 2.05) is 24.3 Å². The SMILES string of the molecule is C[C@@H](NC(=O)c1nc2cc3[nH][nH]c(-c4ccncc4)c3cc2n1)C1CCCCC1.